The van der Waals surface area contributed by atoms with Crippen molar-refractivity contribution in [3.63, 3.8) is 0 Å². The number of aryl methyl sites for hydroxylation is 1. The lowest BCUT2D eigenvalue weighted by Gasteiger charge is -2.35. The summed E-state index contributed by atoms with van der Waals surface area (Å²) < 4.78 is 10.9. The van der Waals surface area contributed by atoms with Crippen LogP contribution >= 0.6 is 0 Å². The first-order chi connectivity index (χ1) is 15.1. The lowest BCUT2D eigenvalue weighted by molar-refractivity contribution is -0.117. The summed E-state index contributed by atoms with van der Waals surface area (Å²) in [6.45, 7) is 6.80. The summed E-state index contributed by atoms with van der Waals surface area (Å²) in [7, 11) is 0. The van der Waals surface area contributed by atoms with Crippen LogP contribution < -0.4 is 10.2 Å². The standard InChI is InChI=1S/C22H25N5O4/c1-3-30-22(29)18-15(2)31-21-19(18)20(23-14-24-21)27-11-9-26(10-12-27)13-17(28)25-16-7-5-4-6-8-16/h4-8,14H,3,9-13H2,1-2H3,(H,25,28). The summed E-state index contributed by atoms with van der Waals surface area (Å²) in [5.74, 6) is 0.634. The Morgan fingerprint density at radius 2 is 1.87 bits per heavy atom. The normalized spacial score (nSPS) is 14.6. The quantitative estimate of drug-likeness (QED) is 0.604. The molecule has 0 atom stereocenters. The van der Waals surface area contributed by atoms with Gasteiger partial charge in [0.25, 0.3) is 0 Å². The first-order valence-electron chi connectivity index (χ1n) is 10.3. The molecule has 0 saturated carbocycles. The van der Waals surface area contributed by atoms with Gasteiger partial charge in [-0.15, -0.1) is 0 Å². The number of rotatable bonds is 6. The summed E-state index contributed by atoms with van der Waals surface area (Å²) in [4.78, 5) is 37.6. The van der Waals surface area contributed by atoms with Gasteiger partial charge in [0, 0.05) is 31.9 Å². The smallest absolute Gasteiger partial charge is 0.342 e. The summed E-state index contributed by atoms with van der Waals surface area (Å²) >= 11 is 0. The third kappa shape index (κ3) is 4.51. The van der Waals surface area contributed by atoms with Crippen molar-refractivity contribution in [2.45, 2.75) is 13.8 Å². The minimum Gasteiger partial charge on any atom is -0.462 e. The predicted molar refractivity (Wildman–Crippen MR) is 116 cm³/mol. The zero-order chi connectivity index (χ0) is 21.8. The number of fused-ring (bicyclic) bond motifs is 1. The Hall–Kier alpha value is -3.46. The lowest BCUT2D eigenvalue weighted by Crippen LogP contribution is -2.49. The van der Waals surface area contributed by atoms with E-state index in [4.69, 9.17) is 9.15 Å². The number of carbonyl (C=O) groups excluding carboxylic acids is 2. The fraction of sp³-hybridized carbons (Fsp3) is 0.364. The maximum absolute atomic E-state index is 12.5. The van der Waals surface area contributed by atoms with E-state index in [0.717, 1.165) is 5.69 Å². The number of esters is 1. The van der Waals surface area contributed by atoms with E-state index in [0.29, 0.717) is 61.0 Å². The van der Waals surface area contributed by atoms with E-state index in [2.05, 4.69) is 25.1 Å². The highest BCUT2D eigenvalue weighted by molar-refractivity contribution is 6.07. The van der Waals surface area contributed by atoms with Gasteiger partial charge in [-0.2, -0.15) is 0 Å². The number of ether oxygens (including phenoxy) is 1. The maximum Gasteiger partial charge on any atom is 0.342 e. The van der Waals surface area contributed by atoms with Crippen LogP contribution in [0.15, 0.2) is 41.1 Å². The Labute approximate surface area is 180 Å². The molecule has 0 bridgehead atoms. The van der Waals surface area contributed by atoms with E-state index < -0.39 is 5.97 Å². The Balaban J connectivity index is 1.45. The topological polar surface area (TPSA) is 101 Å². The van der Waals surface area contributed by atoms with Gasteiger partial charge >= 0.3 is 5.97 Å². The van der Waals surface area contributed by atoms with Crippen LogP contribution in [0.25, 0.3) is 11.1 Å². The van der Waals surface area contributed by atoms with Gasteiger partial charge in [0.15, 0.2) is 0 Å². The largest absolute Gasteiger partial charge is 0.462 e. The molecule has 2 aromatic heterocycles. The second-order valence-electron chi connectivity index (χ2n) is 7.31. The molecule has 1 aliphatic rings. The zero-order valence-corrected chi connectivity index (χ0v) is 17.6. The molecule has 162 valence electrons. The average molecular weight is 423 g/mol. The van der Waals surface area contributed by atoms with E-state index in [9.17, 15) is 9.59 Å². The SMILES string of the molecule is CCOC(=O)c1c(C)oc2ncnc(N3CCN(CC(=O)Nc4ccccc4)CC3)c12. The van der Waals surface area contributed by atoms with Crippen molar-refractivity contribution in [3.05, 3.63) is 48.0 Å². The molecule has 9 nitrogen and oxygen atoms in total. The number of nitrogens with zero attached hydrogens (tertiary/aromatic N) is 4. The number of hydrogen-bond donors (Lipinski definition) is 1. The number of anilines is 2. The van der Waals surface area contributed by atoms with Crippen molar-refractivity contribution >= 4 is 34.5 Å². The van der Waals surface area contributed by atoms with Gasteiger partial charge in [0.05, 0.1) is 18.5 Å². The van der Waals surface area contributed by atoms with Crippen LogP contribution in [-0.2, 0) is 9.53 Å². The summed E-state index contributed by atoms with van der Waals surface area (Å²) in [6.07, 6.45) is 1.44. The molecule has 1 aliphatic heterocycles. The predicted octanol–water partition coefficient (Wildman–Crippen LogP) is 2.47. The van der Waals surface area contributed by atoms with E-state index in [1.807, 2.05) is 30.3 Å². The molecule has 3 aromatic rings. The molecular formula is C22H25N5O4. The van der Waals surface area contributed by atoms with Crippen LogP contribution in [-0.4, -0.2) is 66.1 Å². The minimum absolute atomic E-state index is 0.0425. The van der Waals surface area contributed by atoms with Crippen molar-refractivity contribution in [2.75, 3.05) is 49.5 Å². The number of aromatic nitrogens is 2. The molecule has 1 amide bonds. The molecule has 0 unspecified atom stereocenters. The van der Waals surface area contributed by atoms with Crippen LogP contribution in [0.1, 0.15) is 23.0 Å². The Kier molecular flexibility index (Phi) is 6.13. The summed E-state index contributed by atoms with van der Waals surface area (Å²) in [5.41, 5.74) is 1.53. The van der Waals surface area contributed by atoms with Crippen molar-refractivity contribution in [1.82, 2.24) is 14.9 Å². The van der Waals surface area contributed by atoms with Gasteiger partial charge in [-0.05, 0) is 26.0 Å². The second kappa shape index (κ2) is 9.13. The number of hydrogen-bond acceptors (Lipinski definition) is 8. The average Bonchev–Trinajstić information content (AvgIpc) is 3.11. The number of amides is 1. The van der Waals surface area contributed by atoms with Gasteiger partial charge in [0.1, 0.15) is 23.5 Å². The Morgan fingerprint density at radius 1 is 1.13 bits per heavy atom. The van der Waals surface area contributed by atoms with Crippen molar-refractivity contribution in [1.29, 1.82) is 0 Å². The first-order valence-corrected chi connectivity index (χ1v) is 10.3. The maximum atomic E-state index is 12.5. The highest BCUT2D eigenvalue weighted by Crippen LogP contribution is 2.32. The van der Waals surface area contributed by atoms with Gasteiger partial charge < -0.3 is 19.4 Å². The summed E-state index contributed by atoms with van der Waals surface area (Å²) in [5, 5.41) is 3.49. The lowest BCUT2D eigenvalue weighted by atomic mass is 10.1. The number of benzene rings is 1. The Morgan fingerprint density at radius 3 is 2.58 bits per heavy atom. The van der Waals surface area contributed by atoms with Gasteiger partial charge in [-0.3, -0.25) is 9.69 Å². The highest BCUT2D eigenvalue weighted by Gasteiger charge is 2.28. The third-order valence-electron chi connectivity index (χ3n) is 5.22. The molecule has 3 heterocycles. The molecule has 1 N–H and O–H groups in total. The van der Waals surface area contributed by atoms with Crippen molar-refractivity contribution in [2.24, 2.45) is 0 Å². The van der Waals surface area contributed by atoms with Gasteiger partial charge in [-0.1, -0.05) is 18.2 Å². The number of carbonyl (C=O) groups is 2. The van der Waals surface area contributed by atoms with Crippen LogP contribution in [0.4, 0.5) is 11.5 Å². The third-order valence-corrected chi connectivity index (χ3v) is 5.22. The number of piperazine rings is 1. The van der Waals surface area contributed by atoms with Crippen molar-refractivity contribution < 1.29 is 18.7 Å². The van der Waals surface area contributed by atoms with Crippen molar-refractivity contribution in [3.8, 4) is 0 Å². The van der Waals surface area contributed by atoms with Crippen LogP contribution in [0.3, 0.4) is 0 Å². The molecule has 0 radical (unpaired) electrons. The molecule has 0 aliphatic carbocycles. The molecule has 4 rings (SSSR count). The van der Waals surface area contributed by atoms with Gasteiger partial charge in [-0.25, -0.2) is 14.8 Å². The van der Waals surface area contributed by atoms with Crippen LogP contribution in [0.2, 0.25) is 0 Å². The molecular weight excluding hydrogens is 398 g/mol. The fourth-order valence-corrected chi connectivity index (χ4v) is 3.76. The minimum atomic E-state index is -0.439. The second-order valence-corrected chi connectivity index (χ2v) is 7.31. The molecule has 1 aromatic carbocycles. The number of furan rings is 1. The summed E-state index contributed by atoms with van der Waals surface area (Å²) in [6, 6.07) is 9.42. The monoisotopic (exact) mass is 423 g/mol. The first kappa shape index (κ1) is 20.8. The van der Waals surface area contributed by atoms with E-state index in [-0.39, 0.29) is 12.5 Å². The molecule has 1 saturated heterocycles. The Bertz CT molecular complexity index is 1070. The number of para-hydroxylation sites is 1. The molecule has 9 heteroatoms. The van der Waals surface area contributed by atoms with E-state index >= 15 is 0 Å². The van der Waals surface area contributed by atoms with Gasteiger partial charge in [0.2, 0.25) is 11.6 Å². The fourth-order valence-electron chi connectivity index (χ4n) is 3.76. The zero-order valence-electron chi connectivity index (χ0n) is 17.6. The molecule has 0 spiro atoms. The van der Waals surface area contributed by atoms with E-state index in [1.54, 1.807) is 13.8 Å². The van der Waals surface area contributed by atoms with Crippen LogP contribution in [0.5, 0.6) is 0 Å². The van der Waals surface area contributed by atoms with E-state index in [1.165, 1.54) is 6.33 Å². The highest BCUT2D eigenvalue weighted by atomic mass is 16.5. The molecule has 1 fully saturated rings. The van der Waals surface area contributed by atoms with Crippen LogP contribution in [0, 0.1) is 6.92 Å². The molecule has 31 heavy (non-hydrogen) atoms. The number of nitrogens with one attached hydrogen (secondary N) is 1.